The van der Waals surface area contributed by atoms with Gasteiger partial charge in [-0.05, 0) is 182 Å². The van der Waals surface area contributed by atoms with Gasteiger partial charge in [0, 0.05) is 66.2 Å². The molecule has 0 atom stereocenters. The Bertz CT molecular complexity index is 5480. The van der Waals surface area contributed by atoms with Crippen molar-refractivity contribution in [3.8, 4) is 12.1 Å². The van der Waals surface area contributed by atoms with Gasteiger partial charge in [0.2, 0.25) is 0 Å². The first-order valence-electron chi connectivity index (χ1n) is 34.7. The van der Waals surface area contributed by atoms with Crippen LogP contribution in [0, 0.1) is 35.8 Å². The SMILES string of the molecule is [C-]#[N+]C(C#N)=c1c2ccc(N(c3ccc(C(C)(C)c4ccc5ccccc5c4)cc3)c3ccc(C(C)(C)c4ccc5ccccc5c4)cc3)cc2c(=C(C#N)[N+]#[C-])c2ccc(N(c3ccc(C(C)(C)c4ccc5ccccc5c4)cc3)c3ccc(C(C)(C)c4ccc5ccccc5c4)cc3)cc12. The number of hydrogen-bond acceptors (Lipinski definition) is 4. The lowest BCUT2D eigenvalue weighted by atomic mass is 9.77. The molecule has 488 valence electrons. The van der Waals surface area contributed by atoms with E-state index in [1.165, 1.54) is 65.3 Å². The van der Waals surface area contributed by atoms with Gasteiger partial charge >= 0.3 is 0 Å². The van der Waals surface area contributed by atoms with Crippen LogP contribution in [0.3, 0.4) is 0 Å². The van der Waals surface area contributed by atoms with Crippen molar-refractivity contribution in [1.82, 2.24) is 0 Å². The number of hydrogen-bond donors (Lipinski definition) is 0. The fourth-order valence-electron chi connectivity index (χ4n) is 15.2. The third-order valence-electron chi connectivity index (χ3n) is 21.8. The van der Waals surface area contributed by atoms with Crippen LogP contribution in [-0.4, -0.2) is 0 Å². The molecule has 0 heterocycles. The molecule has 15 rings (SSSR count). The number of nitrogens with zero attached hydrogens (tertiary/aromatic N) is 6. The fraction of sp³-hybridized carbons (Fsp3) is 0.125. The molecule has 15 aromatic carbocycles. The largest absolute Gasteiger partial charge is 0.310 e. The number of anilines is 6. The highest BCUT2D eigenvalue weighted by atomic mass is 15.1. The summed E-state index contributed by atoms with van der Waals surface area (Å²) in [5.74, 6) is 0. The Kier molecular flexibility index (Phi) is 16.5. The van der Waals surface area contributed by atoms with Gasteiger partial charge in [-0.1, -0.05) is 286 Å². The van der Waals surface area contributed by atoms with Crippen LogP contribution < -0.4 is 20.2 Å². The summed E-state index contributed by atoms with van der Waals surface area (Å²) >= 11 is 0. The summed E-state index contributed by atoms with van der Waals surface area (Å²) in [6.45, 7) is 35.5. The molecule has 0 amide bonds. The summed E-state index contributed by atoms with van der Waals surface area (Å²) in [4.78, 5) is 12.3. The van der Waals surface area contributed by atoms with Crippen molar-refractivity contribution >= 4 is 110 Å². The number of benzene rings is 15. The van der Waals surface area contributed by atoms with Crippen LogP contribution in [0.15, 0.2) is 303 Å². The van der Waals surface area contributed by atoms with Crippen LogP contribution in [0.2, 0.25) is 0 Å². The first-order chi connectivity index (χ1) is 49.4. The van der Waals surface area contributed by atoms with E-state index in [0.29, 0.717) is 32.0 Å². The van der Waals surface area contributed by atoms with Gasteiger partial charge in [-0.3, -0.25) is 0 Å². The van der Waals surface area contributed by atoms with Gasteiger partial charge in [-0.15, -0.1) is 0 Å². The Hall–Kier alpha value is -12.8. The molecule has 6 heteroatoms. The lowest BCUT2D eigenvalue weighted by Crippen LogP contribution is -2.21. The van der Waals surface area contributed by atoms with E-state index < -0.39 is 0 Å². The first-order valence-corrected chi connectivity index (χ1v) is 34.7. The quantitative estimate of drug-likeness (QED) is 0.0804. The third-order valence-corrected chi connectivity index (χ3v) is 21.8. The molecule has 15 aromatic rings. The fourth-order valence-corrected chi connectivity index (χ4v) is 15.2. The Morgan fingerprint density at radius 1 is 0.255 bits per heavy atom. The molecule has 0 aromatic heterocycles. The zero-order valence-corrected chi connectivity index (χ0v) is 58.6. The van der Waals surface area contributed by atoms with E-state index in [1.807, 2.05) is 36.4 Å². The van der Waals surface area contributed by atoms with Crippen molar-refractivity contribution in [3.63, 3.8) is 0 Å². The van der Waals surface area contributed by atoms with Gasteiger partial charge in [0.05, 0.1) is 25.3 Å². The minimum Gasteiger partial charge on any atom is -0.310 e. The molecule has 0 unspecified atom stereocenters. The second-order valence-corrected chi connectivity index (χ2v) is 29.0. The Balaban J connectivity index is 0.896. The molecule has 0 spiro atoms. The third kappa shape index (κ3) is 11.5. The zero-order valence-electron chi connectivity index (χ0n) is 58.6. The van der Waals surface area contributed by atoms with Crippen LogP contribution in [0.1, 0.15) is 99.9 Å². The molecule has 0 aliphatic carbocycles. The van der Waals surface area contributed by atoms with Gasteiger partial charge in [0.25, 0.3) is 11.4 Å². The minimum atomic E-state index is -0.349. The van der Waals surface area contributed by atoms with Crippen molar-refractivity contribution < 1.29 is 0 Å². The maximum Gasteiger partial charge on any atom is 0.270 e. The van der Waals surface area contributed by atoms with Gasteiger partial charge in [0.15, 0.2) is 0 Å². The highest BCUT2D eigenvalue weighted by molar-refractivity contribution is 6.07. The molecule has 0 N–H and O–H groups in total. The topological polar surface area (TPSA) is 62.8 Å². The first kappa shape index (κ1) is 65.1. The Labute approximate surface area is 597 Å². The molecule has 6 nitrogen and oxygen atoms in total. The van der Waals surface area contributed by atoms with Gasteiger partial charge in [-0.25, -0.2) is 20.2 Å². The molecular formula is C96H74N6. The van der Waals surface area contributed by atoms with Gasteiger partial charge in [-0.2, -0.15) is 0 Å². The summed E-state index contributed by atoms with van der Waals surface area (Å²) in [6.07, 6.45) is 0. The normalized spacial score (nSPS) is 12.6. The summed E-state index contributed by atoms with van der Waals surface area (Å²) in [5.41, 5.74) is 12.8. The van der Waals surface area contributed by atoms with Crippen LogP contribution in [-0.2, 0) is 21.7 Å². The van der Waals surface area contributed by atoms with Crippen molar-refractivity contribution in [1.29, 1.82) is 10.5 Å². The lowest BCUT2D eigenvalue weighted by Gasteiger charge is -2.31. The van der Waals surface area contributed by atoms with Crippen LogP contribution in [0.4, 0.5) is 34.1 Å². The molecule has 0 aliphatic rings. The standard InChI is InChI=1S/C96H74N6/c1-93(2,75-31-27-63-19-11-15-23-67(63)55-75)71-35-43-79(44-36-71)101(80-45-37-72(38-46-80)94(3,4)76-32-28-64-20-12-16-24-68(64)56-76)83-51-53-85-87(59-83)91(89(61-97)99-9)86-54-52-84(60-88(86)92(85)90(62-98)100-10)102(81-47-39-73(40-48-81)95(5,6)77-33-29-65-21-13-17-25-69(65)57-77)82-49-41-74(42-50-82)96(7,8)78-34-30-66-22-14-18-26-70(66)58-78/h11-60H,1-8H3. The molecule has 0 fully saturated rings. The average molecular weight is 1310 g/mol. The summed E-state index contributed by atoms with van der Waals surface area (Å²) in [5, 5.41) is 35.0. The van der Waals surface area contributed by atoms with Gasteiger partial charge < -0.3 is 9.80 Å². The van der Waals surface area contributed by atoms with Crippen molar-refractivity contribution in [3.05, 3.63) is 381 Å². The van der Waals surface area contributed by atoms with E-state index in [1.54, 1.807) is 0 Å². The lowest BCUT2D eigenvalue weighted by molar-refractivity contribution is 0.641. The number of fused-ring (bicyclic) bond motifs is 6. The van der Waals surface area contributed by atoms with E-state index >= 15 is 0 Å². The van der Waals surface area contributed by atoms with Crippen molar-refractivity contribution in [2.24, 2.45) is 0 Å². The second kappa shape index (κ2) is 25.8. The smallest absolute Gasteiger partial charge is 0.270 e. The van der Waals surface area contributed by atoms with Crippen LogP contribution in [0.25, 0.3) is 85.7 Å². The highest BCUT2D eigenvalue weighted by Gasteiger charge is 2.30. The highest BCUT2D eigenvalue weighted by Crippen LogP contribution is 2.45. The summed E-state index contributed by atoms with van der Waals surface area (Å²) < 4.78 is 0. The molecule has 0 saturated carbocycles. The molecule has 102 heavy (non-hydrogen) atoms. The summed E-state index contributed by atoms with van der Waals surface area (Å²) in [7, 11) is 0. The van der Waals surface area contributed by atoms with E-state index in [0.717, 1.165) is 56.4 Å². The van der Waals surface area contributed by atoms with E-state index in [2.05, 4.69) is 354 Å². The average Bonchev–Trinajstić information content (AvgIpc) is 0.725. The monoisotopic (exact) mass is 1310 g/mol. The van der Waals surface area contributed by atoms with E-state index in [9.17, 15) is 10.5 Å². The van der Waals surface area contributed by atoms with Crippen molar-refractivity contribution in [2.75, 3.05) is 9.80 Å². The zero-order chi connectivity index (χ0) is 70.7. The number of nitriles is 2. The summed E-state index contributed by atoms with van der Waals surface area (Å²) in [6, 6.07) is 112. The van der Waals surface area contributed by atoms with Crippen LogP contribution >= 0.6 is 0 Å². The van der Waals surface area contributed by atoms with Crippen LogP contribution in [0.5, 0.6) is 0 Å². The molecule has 0 aliphatic heterocycles. The molecular weight excluding hydrogens is 1240 g/mol. The Morgan fingerprint density at radius 3 is 0.696 bits per heavy atom. The van der Waals surface area contributed by atoms with E-state index in [-0.39, 0.29) is 33.1 Å². The predicted octanol–water partition coefficient (Wildman–Crippen LogP) is 24.0. The minimum absolute atomic E-state index is 0.110. The Morgan fingerprint density at radius 2 is 0.471 bits per heavy atom. The van der Waals surface area contributed by atoms with E-state index in [4.69, 9.17) is 13.1 Å². The molecule has 0 saturated heterocycles. The predicted molar refractivity (Wildman–Crippen MR) is 426 cm³/mol. The molecule has 0 bridgehead atoms. The maximum absolute atomic E-state index is 11.2. The number of rotatable bonds is 14. The van der Waals surface area contributed by atoms with Crippen molar-refractivity contribution in [2.45, 2.75) is 77.0 Å². The molecule has 0 radical (unpaired) electrons. The van der Waals surface area contributed by atoms with Gasteiger partial charge in [0.1, 0.15) is 0 Å². The second-order valence-electron chi connectivity index (χ2n) is 29.0. The maximum atomic E-state index is 11.2.